The highest BCUT2D eigenvalue weighted by Gasteiger charge is 2.18. The number of sulfonamides is 1. The molecule has 29 heavy (non-hydrogen) atoms. The molecule has 1 aliphatic rings. The Morgan fingerprint density at radius 3 is 2.72 bits per heavy atom. The molecule has 1 heterocycles. The van der Waals surface area contributed by atoms with Crippen molar-refractivity contribution in [2.45, 2.75) is 37.0 Å². The van der Waals surface area contributed by atoms with Gasteiger partial charge in [0.2, 0.25) is 15.9 Å². The fourth-order valence-electron chi connectivity index (χ4n) is 3.39. The smallest absolute Gasteiger partial charge is 0.240 e. The van der Waals surface area contributed by atoms with Gasteiger partial charge in [-0.2, -0.15) is 0 Å². The number of halogens is 1. The summed E-state index contributed by atoms with van der Waals surface area (Å²) in [7, 11) is -3.67. The molecule has 1 aliphatic carbocycles. The third-order valence-corrected chi connectivity index (χ3v) is 7.26. The lowest BCUT2D eigenvalue weighted by Crippen LogP contribution is -2.28. The van der Waals surface area contributed by atoms with Gasteiger partial charge in [-0.15, -0.1) is 0 Å². The summed E-state index contributed by atoms with van der Waals surface area (Å²) in [5.41, 5.74) is 2.90. The van der Waals surface area contributed by atoms with E-state index in [0.717, 1.165) is 31.2 Å². The van der Waals surface area contributed by atoms with E-state index in [0.29, 0.717) is 15.3 Å². The number of carbonyl (C=O) groups excluding carboxylic acids is 1. The zero-order chi connectivity index (χ0) is 20.4. The maximum absolute atomic E-state index is 13.2. The Bertz CT molecular complexity index is 1170. The van der Waals surface area contributed by atoms with Gasteiger partial charge in [-0.05, 0) is 67.1 Å². The predicted molar refractivity (Wildman–Crippen MR) is 111 cm³/mol. The van der Waals surface area contributed by atoms with Crippen LogP contribution in [0.1, 0.15) is 30.4 Å². The summed E-state index contributed by atoms with van der Waals surface area (Å²) < 4.78 is 41.4. The molecule has 0 spiro atoms. The zero-order valence-electron chi connectivity index (χ0n) is 15.6. The first-order valence-corrected chi connectivity index (χ1v) is 11.7. The molecule has 0 radical (unpaired) electrons. The highest BCUT2D eigenvalue weighted by Crippen LogP contribution is 2.26. The Balaban J connectivity index is 1.34. The van der Waals surface area contributed by atoms with E-state index in [2.05, 4.69) is 15.0 Å². The van der Waals surface area contributed by atoms with Gasteiger partial charge < -0.3 is 5.32 Å². The van der Waals surface area contributed by atoms with E-state index in [9.17, 15) is 17.6 Å². The summed E-state index contributed by atoms with van der Waals surface area (Å²) in [5, 5.41) is 2.98. The van der Waals surface area contributed by atoms with Crippen LogP contribution in [-0.2, 0) is 27.7 Å². The summed E-state index contributed by atoms with van der Waals surface area (Å²) >= 11 is 1.17. The van der Waals surface area contributed by atoms with E-state index >= 15 is 0 Å². The molecule has 9 heteroatoms. The minimum atomic E-state index is -3.67. The largest absolute Gasteiger partial charge is 0.302 e. The normalized spacial score (nSPS) is 14.0. The fraction of sp³-hybridized carbons (Fsp3) is 0.300. The van der Waals surface area contributed by atoms with Gasteiger partial charge in [-0.3, -0.25) is 4.79 Å². The number of aromatic nitrogens is 1. The van der Waals surface area contributed by atoms with Gasteiger partial charge in [0.25, 0.3) is 0 Å². The first-order chi connectivity index (χ1) is 13.9. The van der Waals surface area contributed by atoms with Gasteiger partial charge in [0.15, 0.2) is 5.13 Å². The average Bonchev–Trinajstić information content (AvgIpc) is 3.08. The van der Waals surface area contributed by atoms with Crippen molar-refractivity contribution < 1.29 is 17.6 Å². The number of aryl methyl sites for hydroxylation is 2. The molecule has 3 aromatic rings. The molecular weight excluding hydrogens is 413 g/mol. The molecule has 6 nitrogen and oxygen atoms in total. The van der Waals surface area contributed by atoms with Crippen LogP contribution in [-0.4, -0.2) is 25.9 Å². The quantitative estimate of drug-likeness (QED) is 0.622. The first kappa shape index (κ1) is 19.9. The Hall–Kier alpha value is -2.36. The first-order valence-electron chi connectivity index (χ1n) is 9.38. The van der Waals surface area contributed by atoms with Crippen LogP contribution < -0.4 is 10.0 Å². The van der Waals surface area contributed by atoms with Crippen LogP contribution in [0.15, 0.2) is 41.3 Å². The summed E-state index contributed by atoms with van der Waals surface area (Å²) in [6, 6.07) is 9.44. The fourth-order valence-corrected chi connectivity index (χ4v) is 5.38. The number of fused-ring (bicyclic) bond motifs is 2. The van der Waals surface area contributed by atoms with E-state index in [1.807, 2.05) is 6.07 Å². The number of amides is 1. The second-order valence-corrected chi connectivity index (χ2v) is 9.76. The molecule has 152 valence electrons. The topological polar surface area (TPSA) is 88.2 Å². The van der Waals surface area contributed by atoms with Crippen molar-refractivity contribution in [1.82, 2.24) is 9.71 Å². The number of thiazole rings is 1. The Kier molecular flexibility index (Phi) is 5.62. The van der Waals surface area contributed by atoms with Crippen LogP contribution >= 0.6 is 11.3 Å². The number of rotatable bonds is 6. The van der Waals surface area contributed by atoms with Crippen LogP contribution in [0, 0.1) is 5.82 Å². The lowest BCUT2D eigenvalue weighted by atomic mass is 9.92. The highest BCUT2D eigenvalue weighted by atomic mass is 32.2. The van der Waals surface area contributed by atoms with Crippen molar-refractivity contribution in [3.63, 3.8) is 0 Å². The summed E-state index contributed by atoms with van der Waals surface area (Å²) in [6.07, 6.45) is 4.06. The maximum Gasteiger partial charge on any atom is 0.240 e. The number of nitrogens with one attached hydrogen (secondary N) is 2. The molecular formula is C20H20FN3O3S2. The third kappa shape index (κ3) is 4.63. The molecule has 0 fully saturated rings. The van der Waals surface area contributed by atoms with Gasteiger partial charge in [0.1, 0.15) is 5.82 Å². The number of benzene rings is 2. The molecule has 1 aromatic heterocycles. The van der Waals surface area contributed by atoms with Crippen LogP contribution in [0.3, 0.4) is 0 Å². The monoisotopic (exact) mass is 433 g/mol. The van der Waals surface area contributed by atoms with Crippen molar-refractivity contribution in [3.05, 3.63) is 53.3 Å². The van der Waals surface area contributed by atoms with Crippen molar-refractivity contribution in [2.24, 2.45) is 0 Å². The minimum Gasteiger partial charge on any atom is -0.302 e. The highest BCUT2D eigenvalue weighted by molar-refractivity contribution is 7.89. The summed E-state index contributed by atoms with van der Waals surface area (Å²) in [6.45, 7) is -0.0230. The maximum atomic E-state index is 13.2. The standard InChI is InChI=1S/C20H20FN3O3S2/c21-15-6-8-17-18(12-15)28-20(23-17)24-19(25)9-10-22-29(26,27)16-7-5-13-3-1-2-4-14(13)11-16/h5-8,11-12,22H,1-4,9-10H2,(H,23,24,25). The van der Waals surface area contributed by atoms with Crippen molar-refractivity contribution in [2.75, 3.05) is 11.9 Å². The summed E-state index contributed by atoms with van der Waals surface area (Å²) in [5.74, 6) is -0.728. The van der Waals surface area contributed by atoms with Crippen molar-refractivity contribution >= 4 is 42.6 Å². The number of hydrogen-bond acceptors (Lipinski definition) is 5. The number of nitrogens with zero attached hydrogens (tertiary/aromatic N) is 1. The number of anilines is 1. The molecule has 0 aliphatic heterocycles. The van der Waals surface area contributed by atoms with Gasteiger partial charge in [0.05, 0.1) is 15.1 Å². The van der Waals surface area contributed by atoms with E-state index in [4.69, 9.17) is 0 Å². The van der Waals surface area contributed by atoms with Gasteiger partial charge >= 0.3 is 0 Å². The molecule has 0 saturated carbocycles. The van der Waals surface area contributed by atoms with Gasteiger partial charge in [0, 0.05) is 13.0 Å². The van der Waals surface area contributed by atoms with Gasteiger partial charge in [-0.1, -0.05) is 17.4 Å². The van der Waals surface area contributed by atoms with E-state index in [1.54, 1.807) is 18.2 Å². The molecule has 1 amide bonds. The van der Waals surface area contributed by atoms with Crippen LogP contribution in [0.4, 0.5) is 9.52 Å². The molecule has 0 unspecified atom stereocenters. The molecule has 0 atom stereocenters. The van der Waals surface area contributed by atoms with Crippen LogP contribution in [0.25, 0.3) is 10.2 Å². The van der Waals surface area contributed by atoms with E-state index in [1.165, 1.54) is 29.0 Å². The van der Waals surface area contributed by atoms with Gasteiger partial charge in [-0.25, -0.2) is 22.5 Å². The summed E-state index contributed by atoms with van der Waals surface area (Å²) in [4.78, 5) is 16.6. The zero-order valence-corrected chi connectivity index (χ0v) is 17.2. The second kappa shape index (κ2) is 8.17. The second-order valence-electron chi connectivity index (χ2n) is 6.96. The molecule has 4 rings (SSSR count). The molecule has 0 saturated heterocycles. The number of carbonyl (C=O) groups is 1. The lowest BCUT2D eigenvalue weighted by molar-refractivity contribution is -0.116. The minimum absolute atomic E-state index is 0.0230. The Labute approximate surface area is 172 Å². The predicted octanol–water partition coefficient (Wildman–Crippen LogP) is 3.62. The number of hydrogen-bond donors (Lipinski definition) is 2. The van der Waals surface area contributed by atoms with Crippen molar-refractivity contribution in [3.8, 4) is 0 Å². The van der Waals surface area contributed by atoms with E-state index in [-0.39, 0.29) is 29.6 Å². The van der Waals surface area contributed by atoms with Crippen LogP contribution in [0.5, 0.6) is 0 Å². The van der Waals surface area contributed by atoms with E-state index < -0.39 is 10.0 Å². The lowest BCUT2D eigenvalue weighted by Gasteiger charge is -2.16. The van der Waals surface area contributed by atoms with Crippen LogP contribution in [0.2, 0.25) is 0 Å². The average molecular weight is 434 g/mol. The third-order valence-electron chi connectivity index (χ3n) is 4.87. The Morgan fingerprint density at radius 2 is 1.90 bits per heavy atom. The molecule has 2 aromatic carbocycles. The Morgan fingerprint density at radius 1 is 1.10 bits per heavy atom. The van der Waals surface area contributed by atoms with Crippen molar-refractivity contribution in [1.29, 1.82) is 0 Å². The molecule has 2 N–H and O–H groups in total. The SMILES string of the molecule is O=C(CCNS(=O)(=O)c1ccc2c(c1)CCCC2)Nc1nc2ccc(F)cc2s1. The molecule has 0 bridgehead atoms.